The first-order chi connectivity index (χ1) is 6.09. The lowest BCUT2D eigenvalue weighted by atomic mass is 10.1. The van der Waals surface area contributed by atoms with Gasteiger partial charge in [-0.05, 0) is 45.1 Å². The van der Waals surface area contributed by atoms with Gasteiger partial charge in [0.05, 0.1) is 0 Å². The highest BCUT2D eigenvalue weighted by Crippen LogP contribution is 2.11. The van der Waals surface area contributed by atoms with Crippen LogP contribution in [-0.4, -0.2) is 25.0 Å². The van der Waals surface area contributed by atoms with Gasteiger partial charge in [-0.2, -0.15) is 0 Å². The van der Waals surface area contributed by atoms with Crippen LogP contribution in [0.4, 0.5) is 0 Å². The Balaban J connectivity index is 2.59. The van der Waals surface area contributed by atoms with Crippen LogP contribution in [-0.2, 0) is 6.42 Å². The van der Waals surface area contributed by atoms with E-state index in [1.54, 1.807) is 0 Å². The Morgan fingerprint density at radius 1 is 1.23 bits per heavy atom. The van der Waals surface area contributed by atoms with E-state index < -0.39 is 0 Å². The fourth-order valence-corrected chi connectivity index (χ4v) is 1.27. The molecule has 1 aromatic carbocycles. The van der Waals surface area contributed by atoms with Gasteiger partial charge in [0.1, 0.15) is 0 Å². The summed E-state index contributed by atoms with van der Waals surface area (Å²) in [6, 6.07) is 8.63. The fourth-order valence-electron chi connectivity index (χ4n) is 1.14. The van der Waals surface area contributed by atoms with Gasteiger partial charge in [0.25, 0.3) is 0 Å². The molecule has 0 heterocycles. The van der Waals surface area contributed by atoms with Crippen LogP contribution in [0.5, 0.6) is 0 Å². The second kappa shape index (κ2) is 4.64. The molecule has 0 fully saturated rings. The minimum Gasteiger partial charge on any atom is -0.306 e. The van der Waals surface area contributed by atoms with Crippen LogP contribution in [0.2, 0.25) is 5.02 Å². The first-order valence-electron chi connectivity index (χ1n) is 4.50. The van der Waals surface area contributed by atoms with Crippen LogP contribution in [0.25, 0.3) is 0 Å². The van der Waals surface area contributed by atoms with Crippen molar-refractivity contribution in [1.82, 2.24) is 4.90 Å². The summed E-state index contributed by atoms with van der Waals surface area (Å²) in [4.78, 5) is 2.22. The Morgan fingerprint density at radius 2 is 1.77 bits per heavy atom. The number of likely N-dealkylation sites (N-methyl/N-ethyl adjacent to an activating group) is 1. The highest BCUT2D eigenvalue weighted by molar-refractivity contribution is 6.30. The molecule has 0 spiro atoms. The van der Waals surface area contributed by atoms with Crippen LogP contribution in [0.15, 0.2) is 24.3 Å². The summed E-state index contributed by atoms with van der Waals surface area (Å²) >= 11 is 5.80. The third kappa shape index (κ3) is 3.37. The van der Waals surface area contributed by atoms with Crippen molar-refractivity contribution < 1.29 is 0 Å². The van der Waals surface area contributed by atoms with Crippen LogP contribution < -0.4 is 0 Å². The second-order valence-electron chi connectivity index (χ2n) is 3.64. The highest BCUT2D eigenvalue weighted by Gasteiger charge is 2.04. The van der Waals surface area contributed by atoms with Crippen molar-refractivity contribution in [2.75, 3.05) is 14.1 Å². The van der Waals surface area contributed by atoms with Gasteiger partial charge in [0.15, 0.2) is 0 Å². The molecule has 0 N–H and O–H groups in total. The summed E-state index contributed by atoms with van der Waals surface area (Å²) in [6.07, 6.45) is 1.07. The molecule has 0 unspecified atom stereocenters. The molecule has 0 amide bonds. The van der Waals surface area contributed by atoms with Crippen molar-refractivity contribution in [3.05, 3.63) is 34.9 Å². The summed E-state index contributed by atoms with van der Waals surface area (Å²) in [5.41, 5.74) is 1.34. The van der Waals surface area contributed by atoms with E-state index in [-0.39, 0.29) is 0 Å². The molecule has 0 bridgehead atoms. The Kier molecular flexibility index (Phi) is 3.76. The van der Waals surface area contributed by atoms with Gasteiger partial charge in [-0.25, -0.2) is 0 Å². The van der Waals surface area contributed by atoms with E-state index in [9.17, 15) is 0 Å². The minimum absolute atomic E-state index is 0.571. The van der Waals surface area contributed by atoms with Crippen molar-refractivity contribution in [3.63, 3.8) is 0 Å². The van der Waals surface area contributed by atoms with Crippen molar-refractivity contribution in [3.8, 4) is 0 Å². The van der Waals surface area contributed by atoms with Crippen molar-refractivity contribution >= 4 is 11.6 Å². The van der Waals surface area contributed by atoms with E-state index in [1.165, 1.54) is 5.56 Å². The molecule has 13 heavy (non-hydrogen) atoms. The van der Waals surface area contributed by atoms with E-state index in [4.69, 9.17) is 11.6 Å². The molecule has 0 aliphatic heterocycles. The Hall–Kier alpha value is -0.530. The van der Waals surface area contributed by atoms with Crippen LogP contribution >= 0.6 is 11.6 Å². The molecule has 1 atom stereocenters. The summed E-state index contributed by atoms with van der Waals surface area (Å²) in [5, 5.41) is 0.807. The molecule has 0 aliphatic rings. The number of hydrogen-bond acceptors (Lipinski definition) is 1. The molecule has 0 radical (unpaired) electrons. The molecular formula is C11H16ClN. The molecule has 0 aromatic heterocycles. The largest absolute Gasteiger partial charge is 0.306 e. The van der Waals surface area contributed by atoms with E-state index >= 15 is 0 Å². The van der Waals surface area contributed by atoms with E-state index in [0.29, 0.717) is 6.04 Å². The van der Waals surface area contributed by atoms with Gasteiger partial charge in [-0.15, -0.1) is 0 Å². The maximum atomic E-state index is 5.80. The molecule has 72 valence electrons. The smallest absolute Gasteiger partial charge is 0.0406 e. The number of benzene rings is 1. The average molecular weight is 198 g/mol. The van der Waals surface area contributed by atoms with E-state index in [2.05, 4.69) is 38.1 Å². The zero-order chi connectivity index (χ0) is 9.84. The van der Waals surface area contributed by atoms with Crippen LogP contribution in [0, 0.1) is 0 Å². The topological polar surface area (TPSA) is 3.24 Å². The molecule has 0 aliphatic carbocycles. The Labute approximate surface area is 85.3 Å². The lowest BCUT2D eigenvalue weighted by Gasteiger charge is -2.19. The summed E-state index contributed by atoms with van der Waals surface area (Å²) in [6.45, 7) is 2.22. The second-order valence-corrected chi connectivity index (χ2v) is 4.08. The number of hydrogen-bond donors (Lipinski definition) is 0. The molecule has 2 heteroatoms. The van der Waals surface area contributed by atoms with Gasteiger partial charge >= 0.3 is 0 Å². The third-order valence-electron chi connectivity index (χ3n) is 2.33. The third-order valence-corrected chi connectivity index (χ3v) is 2.58. The van der Waals surface area contributed by atoms with E-state index in [1.807, 2.05) is 12.1 Å². The maximum Gasteiger partial charge on any atom is 0.0406 e. The molecule has 0 saturated carbocycles. The summed E-state index contributed by atoms with van der Waals surface area (Å²) in [7, 11) is 4.20. The van der Waals surface area contributed by atoms with Crippen molar-refractivity contribution in [1.29, 1.82) is 0 Å². The van der Waals surface area contributed by atoms with Crippen LogP contribution in [0.1, 0.15) is 12.5 Å². The van der Waals surface area contributed by atoms with E-state index in [0.717, 1.165) is 11.4 Å². The normalized spacial score (nSPS) is 13.3. The zero-order valence-electron chi connectivity index (χ0n) is 8.42. The summed E-state index contributed by atoms with van der Waals surface area (Å²) in [5.74, 6) is 0. The van der Waals surface area contributed by atoms with Crippen molar-refractivity contribution in [2.24, 2.45) is 0 Å². The fraction of sp³-hybridized carbons (Fsp3) is 0.455. The van der Waals surface area contributed by atoms with Crippen molar-refractivity contribution in [2.45, 2.75) is 19.4 Å². The Bertz CT molecular complexity index is 253. The quantitative estimate of drug-likeness (QED) is 0.721. The summed E-state index contributed by atoms with van der Waals surface area (Å²) < 4.78 is 0. The SMILES string of the molecule is C[C@H](Cc1ccc(Cl)cc1)N(C)C. The number of rotatable bonds is 3. The minimum atomic E-state index is 0.571. The lowest BCUT2D eigenvalue weighted by Crippen LogP contribution is -2.26. The molecular weight excluding hydrogens is 182 g/mol. The highest BCUT2D eigenvalue weighted by atomic mass is 35.5. The van der Waals surface area contributed by atoms with Crippen LogP contribution in [0.3, 0.4) is 0 Å². The van der Waals surface area contributed by atoms with Gasteiger partial charge < -0.3 is 4.90 Å². The zero-order valence-corrected chi connectivity index (χ0v) is 9.17. The van der Waals surface area contributed by atoms with Gasteiger partial charge in [-0.1, -0.05) is 23.7 Å². The molecule has 1 aromatic rings. The van der Waals surface area contributed by atoms with Gasteiger partial charge in [0, 0.05) is 11.1 Å². The standard InChI is InChI=1S/C11H16ClN/c1-9(13(2)3)8-10-4-6-11(12)7-5-10/h4-7,9H,8H2,1-3H3/t9-/m1/s1. The predicted molar refractivity (Wildman–Crippen MR) is 58.3 cm³/mol. The average Bonchev–Trinajstić information content (AvgIpc) is 2.08. The first kappa shape index (κ1) is 10.6. The lowest BCUT2D eigenvalue weighted by molar-refractivity contribution is 0.312. The molecule has 1 rings (SSSR count). The monoisotopic (exact) mass is 197 g/mol. The number of nitrogens with zero attached hydrogens (tertiary/aromatic N) is 1. The van der Waals surface area contributed by atoms with Gasteiger partial charge in [-0.3, -0.25) is 0 Å². The molecule has 1 nitrogen and oxygen atoms in total. The number of halogens is 1. The maximum absolute atomic E-state index is 5.80. The first-order valence-corrected chi connectivity index (χ1v) is 4.88. The molecule has 0 saturated heterocycles. The predicted octanol–water partition coefficient (Wildman–Crippen LogP) is 2.83. The van der Waals surface area contributed by atoms with Gasteiger partial charge in [0.2, 0.25) is 0 Å². The Morgan fingerprint density at radius 3 is 2.23 bits per heavy atom.